The van der Waals surface area contributed by atoms with Crippen molar-refractivity contribution in [1.29, 1.82) is 0 Å². The average Bonchev–Trinajstić information content (AvgIpc) is 2.49. The van der Waals surface area contributed by atoms with E-state index in [-0.39, 0.29) is 18.0 Å². The molecule has 0 amide bonds. The SMILES string of the molecule is CCCOc1ccc(C(=O)CCNC(C(C)=O)C(C)O)cc1. The molecule has 0 aliphatic rings. The number of nitrogens with one attached hydrogen (secondary N) is 1. The summed E-state index contributed by atoms with van der Waals surface area (Å²) in [6, 6.07) is 6.42. The summed E-state index contributed by atoms with van der Waals surface area (Å²) in [6.45, 7) is 6.01. The summed E-state index contributed by atoms with van der Waals surface area (Å²) in [4.78, 5) is 23.4. The van der Waals surface area contributed by atoms with Gasteiger partial charge in [-0.1, -0.05) is 6.92 Å². The van der Waals surface area contributed by atoms with Gasteiger partial charge in [0, 0.05) is 18.5 Å². The van der Waals surface area contributed by atoms with E-state index in [2.05, 4.69) is 5.32 Å². The third-order valence-corrected chi connectivity index (χ3v) is 3.29. The lowest BCUT2D eigenvalue weighted by Gasteiger charge is -2.18. The van der Waals surface area contributed by atoms with E-state index in [9.17, 15) is 14.7 Å². The van der Waals surface area contributed by atoms with Crippen LogP contribution in [0.4, 0.5) is 0 Å². The summed E-state index contributed by atoms with van der Waals surface area (Å²) in [6.07, 6.45) is 0.432. The first-order valence-corrected chi connectivity index (χ1v) is 7.63. The number of aliphatic hydroxyl groups is 1. The summed E-state index contributed by atoms with van der Waals surface area (Å²) < 4.78 is 5.47. The van der Waals surface area contributed by atoms with Crippen molar-refractivity contribution < 1.29 is 19.4 Å². The van der Waals surface area contributed by atoms with Crippen molar-refractivity contribution in [2.24, 2.45) is 0 Å². The highest BCUT2D eigenvalue weighted by atomic mass is 16.5. The van der Waals surface area contributed by atoms with Gasteiger partial charge in [0.25, 0.3) is 0 Å². The van der Waals surface area contributed by atoms with Crippen LogP contribution in [0, 0.1) is 0 Å². The van der Waals surface area contributed by atoms with Gasteiger partial charge in [-0.25, -0.2) is 0 Å². The van der Waals surface area contributed by atoms with Crippen LogP contribution in [0.1, 0.15) is 44.0 Å². The highest BCUT2D eigenvalue weighted by Crippen LogP contribution is 2.13. The molecule has 0 heterocycles. The van der Waals surface area contributed by atoms with E-state index < -0.39 is 12.1 Å². The van der Waals surface area contributed by atoms with Crippen molar-refractivity contribution in [3.63, 3.8) is 0 Å². The Labute approximate surface area is 131 Å². The van der Waals surface area contributed by atoms with Gasteiger partial charge < -0.3 is 15.2 Å². The van der Waals surface area contributed by atoms with E-state index >= 15 is 0 Å². The minimum atomic E-state index is -0.775. The van der Waals surface area contributed by atoms with Crippen molar-refractivity contribution in [2.45, 2.75) is 45.8 Å². The van der Waals surface area contributed by atoms with Crippen LogP contribution in [0.15, 0.2) is 24.3 Å². The van der Waals surface area contributed by atoms with Crippen LogP contribution >= 0.6 is 0 Å². The Bertz CT molecular complexity index is 482. The molecule has 0 fully saturated rings. The summed E-state index contributed by atoms with van der Waals surface area (Å²) in [5.41, 5.74) is 0.613. The normalized spacial score (nSPS) is 13.5. The van der Waals surface area contributed by atoms with Gasteiger partial charge in [0.05, 0.1) is 18.8 Å². The molecule has 122 valence electrons. The summed E-state index contributed by atoms with van der Waals surface area (Å²) >= 11 is 0. The fraction of sp³-hybridized carbons (Fsp3) is 0.529. The van der Waals surface area contributed by atoms with Crippen molar-refractivity contribution in [2.75, 3.05) is 13.2 Å². The summed E-state index contributed by atoms with van der Waals surface area (Å²) in [5, 5.41) is 12.4. The number of carbonyl (C=O) groups excluding carboxylic acids is 2. The highest BCUT2D eigenvalue weighted by Gasteiger charge is 2.19. The van der Waals surface area contributed by atoms with Crippen LogP contribution in [-0.2, 0) is 4.79 Å². The molecule has 1 aromatic rings. The second kappa shape index (κ2) is 9.33. The molecule has 0 aliphatic carbocycles. The molecule has 1 rings (SSSR count). The maximum absolute atomic E-state index is 12.1. The quantitative estimate of drug-likeness (QED) is 0.646. The van der Waals surface area contributed by atoms with E-state index in [1.54, 1.807) is 31.2 Å². The van der Waals surface area contributed by atoms with Crippen LogP contribution in [0.5, 0.6) is 5.75 Å². The third kappa shape index (κ3) is 5.95. The zero-order valence-electron chi connectivity index (χ0n) is 13.5. The van der Waals surface area contributed by atoms with Crippen molar-refractivity contribution in [1.82, 2.24) is 5.32 Å². The highest BCUT2D eigenvalue weighted by molar-refractivity contribution is 5.96. The minimum absolute atomic E-state index is 0.0116. The van der Waals surface area contributed by atoms with Crippen LogP contribution in [-0.4, -0.2) is 42.0 Å². The predicted molar refractivity (Wildman–Crippen MR) is 85.3 cm³/mol. The maximum atomic E-state index is 12.1. The molecule has 5 nitrogen and oxygen atoms in total. The molecule has 22 heavy (non-hydrogen) atoms. The monoisotopic (exact) mass is 307 g/mol. The van der Waals surface area contributed by atoms with Crippen molar-refractivity contribution >= 4 is 11.6 Å². The Morgan fingerprint density at radius 2 is 1.91 bits per heavy atom. The molecule has 2 N–H and O–H groups in total. The van der Waals surface area contributed by atoms with Crippen LogP contribution in [0.2, 0.25) is 0 Å². The molecular weight excluding hydrogens is 282 g/mol. The number of aliphatic hydroxyl groups excluding tert-OH is 1. The summed E-state index contributed by atoms with van der Waals surface area (Å²) in [5.74, 6) is 0.601. The molecular formula is C17H25NO4. The molecule has 0 radical (unpaired) electrons. The Hall–Kier alpha value is -1.72. The smallest absolute Gasteiger partial charge is 0.164 e. The second-order valence-corrected chi connectivity index (χ2v) is 5.33. The van der Waals surface area contributed by atoms with Crippen molar-refractivity contribution in [3.8, 4) is 5.75 Å². The maximum Gasteiger partial charge on any atom is 0.164 e. The standard InChI is InChI=1S/C17H25NO4/c1-4-11-22-15-7-5-14(6-8-15)16(21)9-10-18-17(12(2)19)13(3)20/h5-8,12,17-19H,4,9-11H2,1-3H3. The zero-order valence-corrected chi connectivity index (χ0v) is 13.5. The molecule has 0 saturated heterocycles. The number of rotatable bonds is 10. The van der Waals surface area contributed by atoms with Gasteiger partial charge in [-0.3, -0.25) is 9.59 Å². The fourth-order valence-electron chi connectivity index (χ4n) is 2.10. The molecule has 5 heteroatoms. The van der Waals surface area contributed by atoms with Gasteiger partial charge in [0.15, 0.2) is 5.78 Å². The molecule has 0 aromatic heterocycles. The largest absolute Gasteiger partial charge is 0.494 e. The molecule has 0 spiro atoms. The van der Waals surface area contributed by atoms with E-state index in [0.29, 0.717) is 18.7 Å². The number of hydrogen-bond donors (Lipinski definition) is 2. The van der Waals surface area contributed by atoms with Gasteiger partial charge in [-0.15, -0.1) is 0 Å². The second-order valence-electron chi connectivity index (χ2n) is 5.33. The molecule has 2 unspecified atom stereocenters. The van der Waals surface area contributed by atoms with E-state index in [1.807, 2.05) is 6.92 Å². The van der Waals surface area contributed by atoms with E-state index in [1.165, 1.54) is 6.92 Å². The van der Waals surface area contributed by atoms with Gasteiger partial charge in [0.1, 0.15) is 11.5 Å². The van der Waals surface area contributed by atoms with Gasteiger partial charge in [-0.2, -0.15) is 0 Å². The zero-order chi connectivity index (χ0) is 16.5. The van der Waals surface area contributed by atoms with Crippen LogP contribution < -0.4 is 10.1 Å². The first kappa shape index (κ1) is 18.3. The van der Waals surface area contributed by atoms with Gasteiger partial charge in [0.2, 0.25) is 0 Å². The number of carbonyl (C=O) groups is 2. The number of Topliss-reactive ketones (excluding diaryl/α,β-unsaturated/α-hetero) is 2. The average molecular weight is 307 g/mol. The molecule has 0 aliphatic heterocycles. The van der Waals surface area contributed by atoms with Gasteiger partial charge >= 0.3 is 0 Å². The van der Waals surface area contributed by atoms with E-state index in [4.69, 9.17) is 4.74 Å². The molecule has 2 atom stereocenters. The molecule has 1 aromatic carbocycles. The predicted octanol–water partition coefficient (Wildman–Crippen LogP) is 1.98. The fourth-order valence-corrected chi connectivity index (χ4v) is 2.10. The number of benzene rings is 1. The van der Waals surface area contributed by atoms with Gasteiger partial charge in [-0.05, 0) is 44.5 Å². The number of ether oxygens (including phenoxy) is 1. The Balaban J connectivity index is 2.46. The Morgan fingerprint density at radius 1 is 1.27 bits per heavy atom. The lowest BCUT2D eigenvalue weighted by Crippen LogP contribution is -2.44. The van der Waals surface area contributed by atoms with E-state index in [0.717, 1.165) is 12.2 Å². The first-order valence-electron chi connectivity index (χ1n) is 7.63. The first-order chi connectivity index (χ1) is 10.5. The minimum Gasteiger partial charge on any atom is -0.494 e. The Kier molecular flexibility index (Phi) is 7.77. The van der Waals surface area contributed by atoms with Crippen LogP contribution in [0.3, 0.4) is 0 Å². The lowest BCUT2D eigenvalue weighted by molar-refractivity contribution is -0.121. The number of ketones is 2. The van der Waals surface area contributed by atoms with Crippen molar-refractivity contribution in [3.05, 3.63) is 29.8 Å². The Morgan fingerprint density at radius 3 is 2.41 bits per heavy atom. The lowest BCUT2D eigenvalue weighted by atomic mass is 10.1. The third-order valence-electron chi connectivity index (χ3n) is 3.29. The number of hydrogen-bond acceptors (Lipinski definition) is 5. The topological polar surface area (TPSA) is 75.6 Å². The molecule has 0 bridgehead atoms. The summed E-state index contributed by atoms with van der Waals surface area (Å²) in [7, 11) is 0. The van der Waals surface area contributed by atoms with Crippen LogP contribution in [0.25, 0.3) is 0 Å². The molecule has 0 saturated carbocycles.